The van der Waals surface area contributed by atoms with Gasteiger partial charge in [0.15, 0.2) is 5.88 Å². The van der Waals surface area contributed by atoms with E-state index in [1.54, 1.807) is 12.1 Å². The molecule has 0 aromatic heterocycles. The number of benzene rings is 1. The maximum absolute atomic E-state index is 6.06. The molecule has 0 saturated carbocycles. The van der Waals surface area contributed by atoms with E-state index in [1.807, 2.05) is 6.07 Å². The van der Waals surface area contributed by atoms with Gasteiger partial charge in [0.25, 0.3) is 0 Å². The Morgan fingerprint density at radius 3 is 2.47 bits per heavy atom. The van der Waals surface area contributed by atoms with E-state index >= 15 is 0 Å². The summed E-state index contributed by atoms with van der Waals surface area (Å²) in [5, 5.41) is 0.636. The molecule has 104 valence electrons. The highest BCUT2D eigenvalue weighted by atomic mass is 35.5. The molecule has 2 rings (SSSR count). The fraction of sp³-hybridized carbons (Fsp3) is 0.385. The van der Waals surface area contributed by atoms with Crippen LogP contribution in [0.3, 0.4) is 0 Å². The molecule has 0 aliphatic carbocycles. The van der Waals surface area contributed by atoms with Crippen LogP contribution in [-0.2, 0) is 0 Å². The standard InChI is InChI=1S/C13H19ClN4O/c14-8-1-2-11-9(3-8)12(7(4-15)5-16)10(6-17)13(18)19-11/h1-3,7,12H,4-6,15-18H2. The third-order valence-electron chi connectivity index (χ3n) is 3.52. The number of rotatable bonds is 4. The molecular formula is C13H19ClN4O. The summed E-state index contributed by atoms with van der Waals surface area (Å²) < 4.78 is 5.60. The summed E-state index contributed by atoms with van der Waals surface area (Å²) in [5.74, 6) is 1.05. The highest BCUT2D eigenvalue weighted by Gasteiger charge is 2.33. The largest absolute Gasteiger partial charge is 0.441 e. The molecule has 5 nitrogen and oxygen atoms in total. The molecule has 1 aromatic carbocycles. The first-order valence-electron chi connectivity index (χ1n) is 6.18. The minimum atomic E-state index is -0.0394. The first-order chi connectivity index (χ1) is 9.12. The first-order valence-corrected chi connectivity index (χ1v) is 6.56. The van der Waals surface area contributed by atoms with Gasteiger partial charge in [-0.3, -0.25) is 0 Å². The second-order valence-electron chi connectivity index (χ2n) is 4.59. The van der Waals surface area contributed by atoms with Crippen LogP contribution in [0.1, 0.15) is 11.5 Å². The summed E-state index contributed by atoms with van der Waals surface area (Å²) >= 11 is 6.06. The van der Waals surface area contributed by atoms with Crippen LogP contribution in [0.4, 0.5) is 0 Å². The van der Waals surface area contributed by atoms with Gasteiger partial charge in [-0.1, -0.05) is 11.6 Å². The zero-order chi connectivity index (χ0) is 14.0. The lowest BCUT2D eigenvalue weighted by atomic mass is 9.79. The molecule has 0 fully saturated rings. The molecule has 0 radical (unpaired) electrons. The van der Waals surface area contributed by atoms with Crippen LogP contribution in [-0.4, -0.2) is 19.6 Å². The van der Waals surface area contributed by atoms with Crippen molar-refractivity contribution in [3.05, 3.63) is 40.2 Å². The Balaban J connectivity index is 2.55. The number of hydrogen-bond acceptors (Lipinski definition) is 5. The van der Waals surface area contributed by atoms with Gasteiger partial charge in [0.2, 0.25) is 0 Å². The van der Waals surface area contributed by atoms with E-state index in [1.165, 1.54) is 0 Å². The van der Waals surface area contributed by atoms with Crippen molar-refractivity contribution in [2.45, 2.75) is 5.92 Å². The van der Waals surface area contributed by atoms with Crippen molar-refractivity contribution in [1.82, 2.24) is 0 Å². The predicted octanol–water partition coefficient (Wildman–Crippen LogP) is 0.479. The molecule has 1 aliphatic rings. The van der Waals surface area contributed by atoms with Crippen LogP contribution in [0.25, 0.3) is 0 Å². The van der Waals surface area contributed by atoms with E-state index < -0.39 is 0 Å². The second kappa shape index (κ2) is 5.79. The molecule has 8 N–H and O–H groups in total. The third-order valence-corrected chi connectivity index (χ3v) is 3.75. The number of ether oxygens (including phenoxy) is 1. The Bertz CT molecular complexity index is 499. The molecule has 1 unspecified atom stereocenters. The minimum Gasteiger partial charge on any atom is -0.441 e. The molecule has 19 heavy (non-hydrogen) atoms. The van der Waals surface area contributed by atoms with Crippen molar-refractivity contribution in [3.63, 3.8) is 0 Å². The quantitative estimate of drug-likeness (QED) is 0.641. The maximum atomic E-state index is 6.06. The van der Waals surface area contributed by atoms with Crippen molar-refractivity contribution in [2.75, 3.05) is 19.6 Å². The van der Waals surface area contributed by atoms with E-state index in [0.717, 1.165) is 11.1 Å². The Morgan fingerprint density at radius 2 is 1.89 bits per heavy atom. The smallest absolute Gasteiger partial charge is 0.191 e. The van der Waals surface area contributed by atoms with Gasteiger partial charge in [0.1, 0.15) is 5.75 Å². The van der Waals surface area contributed by atoms with Gasteiger partial charge < -0.3 is 27.7 Å². The van der Waals surface area contributed by atoms with Gasteiger partial charge in [-0.05, 0) is 37.2 Å². The van der Waals surface area contributed by atoms with Crippen LogP contribution in [0, 0.1) is 5.92 Å². The van der Waals surface area contributed by atoms with E-state index in [2.05, 4.69) is 0 Å². The molecule has 0 saturated heterocycles. The lowest BCUT2D eigenvalue weighted by molar-refractivity contribution is 0.354. The number of nitrogens with two attached hydrogens (primary N) is 4. The second-order valence-corrected chi connectivity index (χ2v) is 5.02. The molecule has 1 atom stereocenters. The van der Waals surface area contributed by atoms with Crippen LogP contribution >= 0.6 is 11.6 Å². The molecule has 0 spiro atoms. The SMILES string of the molecule is NCC1=C(N)Oc2ccc(Cl)cc2C1C(CN)CN. The first kappa shape index (κ1) is 14.1. The summed E-state index contributed by atoms with van der Waals surface area (Å²) in [6.45, 7) is 1.20. The van der Waals surface area contributed by atoms with Crippen molar-refractivity contribution < 1.29 is 4.74 Å². The van der Waals surface area contributed by atoms with Crippen LogP contribution in [0.15, 0.2) is 29.7 Å². The van der Waals surface area contributed by atoms with Gasteiger partial charge in [0, 0.05) is 28.6 Å². The molecule has 0 bridgehead atoms. The summed E-state index contributed by atoms with van der Waals surface area (Å²) in [6.07, 6.45) is 0. The van der Waals surface area contributed by atoms with Gasteiger partial charge in [-0.25, -0.2) is 0 Å². The van der Waals surface area contributed by atoms with E-state index in [0.29, 0.717) is 36.3 Å². The molecule has 1 aliphatic heterocycles. The summed E-state index contributed by atoms with van der Waals surface area (Å²) in [5.41, 5.74) is 25.1. The average Bonchev–Trinajstić information content (AvgIpc) is 2.40. The Labute approximate surface area is 117 Å². The fourth-order valence-corrected chi connectivity index (χ4v) is 2.70. The topological polar surface area (TPSA) is 113 Å². The van der Waals surface area contributed by atoms with Gasteiger partial charge in [-0.2, -0.15) is 0 Å². The molecule has 6 heteroatoms. The minimum absolute atomic E-state index is 0.0394. The predicted molar refractivity (Wildman–Crippen MR) is 76.7 cm³/mol. The third kappa shape index (κ3) is 2.55. The molecular weight excluding hydrogens is 264 g/mol. The Kier molecular flexibility index (Phi) is 4.31. The Hall–Kier alpha value is -1.27. The van der Waals surface area contributed by atoms with Crippen LogP contribution < -0.4 is 27.7 Å². The normalized spacial score (nSPS) is 18.5. The number of fused-ring (bicyclic) bond motifs is 1. The van der Waals surface area contributed by atoms with Gasteiger partial charge in [-0.15, -0.1) is 0 Å². The van der Waals surface area contributed by atoms with E-state index in [4.69, 9.17) is 39.3 Å². The Morgan fingerprint density at radius 1 is 1.21 bits per heavy atom. The summed E-state index contributed by atoms with van der Waals surface area (Å²) in [7, 11) is 0. The number of halogens is 1. The van der Waals surface area contributed by atoms with Crippen molar-refractivity contribution in [3.8, 4) is 5.75 Å². The van der Waals surface area contributed by atoms with Crippen molar-refractivity contribution in [1.29, 1.82) is 0 Å². The van der Waals surface area contributed by atoms with E-state index in [-0.39, 0.29) is 11.8 Å². The van der Waals surface area contributed by atoms with Crippen LogP contribution in [0.5, 0.6) is 5.75 Å². The highest BCUT2D eigenvalue weighted by molar-refractivity contribution is 6.30. The zero-order valence-electron chi connectivity index (χ0n) is 10.6. The molecule has 1 aromatic rings. The maximum Gasteiger partial charge on any atom is 0.191 e. The summed E-state index contributed by atoms with van der Waals surface area (Å²) in [6, 6.07) is 5.43. The van der Waals surface area contributed by atoms with Gasteiger partial charge >= 0.3 is 0 Å². The summed E-state index contributed by atoms with van der Waals surface area (Å²) in [4.78, 5) is 0. The molecule has 0 amide bonds. The lowest BCUT2D eigenvalue weighted by Crippen LogP contribution is -2.36. The number of hydrogen-bond donors (Lipinski definition) is 4. The monoisotopic (exact) mass is 282 g/mol. The zero-order valence-corrected chi connectivity index (χ0v) is 11.4. The molecule has 1 heterocycles. The fourth-order valence-electron chi connectivity index (χ4n) is 2.51. The average molecular weight is 283 g/mol. The van der Waals surface area contributed by atoms with Crippen molar-refractivity contribution in [2.24, 2.45) is 28.9 Å². The van der Waals surface area contributed by atoms with Gasteiger partial charge in [0.05, 0.1) is 0 Å². The van der Waals surface area contributed by atoms with Crippen LogP contribution in [0.2, 0.25) is 5.02 Å². The van der Waals surface area contributed by atoms with E-state index in [9.17, 15) is 0 Å². The lowest BCUT2D eigenvalue weighted by Gasteiger charge is -2.33. The van der Waals surface area contributed by atoms with Crippen molar-refractivity contribution >= 4 is 11.6 Å². The highest BCUT2D eigenvalue weighted by Crippen LogP contribution is 2.42.